The molecule has 4 rings (SSSR count). The van der Waals surface area contributed by atoms with Gasteiger partial charge in [-0.05, 0) is 61.7 Å². The lowest BCUT2D eigenvalue weighted by molar-refractivity contribution is -0.152. The second-order valence-electron chi connectivity index (χ2n) is 6.28. The van der Waals surface area contributed by atoms with E-state index in [9.17, 15) is 4.79 Å². The van der Waals surface area contributed by atoms with Crippen LogP contribution in [0.15, 0.2) is 0 Å². The quantitative estimate of drug-likeness (QED) is 0.725. The number of hydrogen-bond donors (Lipinski definition) is 1. The molecule has 2 N–H and O–H groups in total. The first-order valence-electron chi connectivity index (χ1n) is 6.46. The SMILES string of the molecule is COC(=O)[C@@H](N)C12CC3CC(CC(C3)C1)C2. The summed E-state index contributed by atoms with van der Waals surface area (Å²) in [5.74, 6) is 2.30. The maximum Gasteiger partial charge on any atom is 0.323 e. The second kappa shape index (κ2) is 3.46. The third-order valence-electron chi connectivity index (χ3n) is 5.20. The van der Waals surface area contributed by atoms with Gasteiger partial charge in [-0.2, -0.15) is 0 Å². The van der Waals surface area contributed by atoms with E-state index in [1.54, 1.807) is 0 Å². The minimum atomic E-state index is -0.383. The van der Waals surface area contributed by atoms with Crippen molar-refractivity contribution in [2.24, 2.45) is 28.9 Å². The Kier molecular flexibility index (Phi) is 2.29. The summed E-state index contributed by atoms with van der Waals surface area (Å²) in [7, 11) is 1.45. The van der Waals surface area contributed by atoms with Gasteiger partial charge in [0.05, 0.1) is 7.11 Å². The third-order valence-corrected chi connectivity index (χ3v) is 5.20. The van der Waals surface area contributed by atoms with E-state index in [1.807, 2.05) is 0 Å². The molecule has 0 aliphatic heterocycles. The van der Waals surface area contributed by atoms with Crippen molar-refractivity contribution in [2.75, 3.05) is 7.11 Å². The van der Waals surface area contributed by atoms with Crippen LogP contribution in [-0.2, 0) is 9.53 Å². The number of methoxy groups -OCH3 is 1. The van der Waals surface area contributed by atoms with E-state index < -0.39 is 0 Å². The van der Waals surface area contributed by atoms with Gasteiger partial charge in [-0.1, -0.05) is 0 Å². The van der Waals surface area contributed by atoms with E-state index in [0.717, 1.165) is 37.0 Å². The molecule has 4 saturated carbocycles. The lowest BCUT2D eigenvalue weighted by Gasteiger charge is -2.58. The summed E-state index contributed by atoms with van der Waals surface area (Å²) in [6, 6.07) is -0.383. The zero-order valence-corrected chi connectivity index (χ0v) is 9.95. The molecule has 0 radical (unpaired) electrons. The fraction of sp³-hybridized carbons (Fsp3) is 0.923. The Hall–Kier alpha value is -0.570. The van der Waals surface area contributed by atoms with Gasteiger partial charge in [0.25, 0.3) is 0 Å². The lowest BCUT2D eigenvalue weighted by Crippen LogP contribution is -2.57. The van der Waals surface area contributed by atoms with Crippen LogP contribution in [0.2, 0.25) is 0 Å². The Bertz CT molecular complexity index is 278. The largest absolute Gasteiger partial charge is 0.468 e. The van der Waals surface area contributed by atoms with Gasteiger partial charge in [-0.3, -0.25) is 4.79 Å². The first-order chi connectivity index (χ1) is 7.63. The van der Waals surface area contributed by atoms with E-state index in [2.05, 4.69) is 0 Å². The van der Waals surface area contributed by atoms with Crippen LogP contribution < -0.4 is 5.73 Å². The van der Waals surface area contributed by atoms with Gasteiger partial charge in [0.1, 0.15) is 6.04 Å². The first kappa shape index (κ1) is 10.6. The summed E-state index contributed by atoms with van der Waals surface area (Å²) in [6.45, 7) is 0. The van der Waals surface area contributed by atoms with E-state index >= 15 is 0 Å². The molecule has 0 unspecified atom stereocenters. The van der Waals surface area contributed by atoms with Crippen LogP contribution in [0.4, 0.5) is 0 Å². The molecule has 4 aliphatic rings. The molecule has 0 heterocycles. The minimum absolute atomic E-state index is 0.0852. The summed E-state index contributed by atoms with van der Waals surface area (Å²) in [6.07, 6.45) is 7.63. The van der Waals surface area contributed by atoms with Crippen molar-refractivity contribution >= 4 is 5.97 Å². The highest BCUT2D eigenvalue weighted by Crippen LogP contribution is 2.61. The van der Waals surface area contributed by atoms with Crippen LogP contribution in [-0.4, -0.2) is 19.1 Å². The molecule has 4 bridgehead atoms. The monoisotopic (exact) mass is 223 g/mol. The number of rotatable bonds is 2. The molecular weight excluding hydrogens is 202 g/mol. The van der Waals surface area contributed by atoms with Crippen LogP contribution in [0.3, 0.4) is 0 Å². The van der Waals surface area contributed by atoms with E-state index in [1.165, 1.54) is 26.4 Å². The number of esters is 1. The Morgan fingerprint density at radius 1 is 1.19 bits per heavy atom. The van der Waals surface area contributed by atoms with Crippen LogP contribution in [0.25, 0.3) is 0 Å². The van der Waals surface area contributed by atoms with Crippen molar-refractivity contribution in [3.8, 4) is 0 Å². The molecular formula is C13H21NO2. The van der Waals surface area contributed by atoms with E-state index in [4.69, 9.17) is 10.5 Å². The number of carbonyl (C=O) groups excluding carboxylic acids is 1. The van der Waals surface area contributed by atoms with E-state index in [-0.39, 0.29) is 17.4 Å². The normalized spacial score (nSPS) is 46.8. The molecule has 3 heteroatoms. The zero-order valence-electron chi connectivity index (χ0n) is 9.95. The Labute approximate surface area is 96.7 Å². The summed E-state index contributed by atoms with van der Waals surface area (Å²) in [5.41, 5.74) is 6.24. The fourth-order valence-corrected chi connectivity index (χ4v) is 4.94. The molecule has 0 amide bonds. The van der Waals surface area contributed by atoms with Gasteiger partial charge in [0.2, 0.25) is 0 Å². The molecule has 4 aliphatic carbocycles. The topological polar surface area (TPSA) is 52.3 Å². The molecule has 0 saturated heterocycles. The van der Waals surface area contributed by atoms with Gasteiger partial charge in [-0.15, -0.1) is 0 Å². The molecule has 4 fully saturated rings. The van der Waals surface area contributed by atoms with Crippen LogP contribution in [0, 0.1) is 23.2 Å². The Morgan fingerprint density at radius 3 is 2.00 bits per heavy atom. The molecule has 0 aromatic heterocycles. The molecule has 1 atom stereocenters. The summed E-state index contributed by atoms with van der Waals surface area (Å²) in [5, 5.41) is 0. The van der Waals surface area contributed by atoms with E-state index in [0.29, 0.717) is 0 Å². The van der Waals surface area contributed by atoms with Gasteiger partial charge in [0.15, 0.2) is 0 Å². The van der Waals surface area contributed by atoms with Crippen molar-refractivity contribution in [2.45, 2.75) is 44.6 Å². The highest BCUT2D eigenvalue weighted by molar-refractivity contribution is 5.76. The van der Waals surface area contributed by atoms with Crippen molar-refractivity contribution in [3.63, 3.8) is 0 Å². The molecule has 0 spiro atoms. The lowest BCUT2D eigenvalue weighted by atomic mass is 9.48. The van der Waals surface area contributed by atoms with Crippen molar-refractivity contribution in [1.82, 2.24) is 0 Å². The van der Waals surface area contributed by atoms with Gasteiger partial charge >= 0.3 is 5.97 Å². The maximum absolute atomic E-state index is 11.7. The smallest absolute Gasteiger partial charge is 0.323 e. The Balaban J connectivity index is 1.85. The number of ether oxygens (including phenoxy) is 1. The maximum atomic E-state index is 11.7. The summed E-state index contributed by atoms with van der Waals surface area (Å²) >= 11 is 0. The molecule has 0 aromatic carbocycles. The number of nitrogens with two attached hydrogens (primary N) is 1. The average molecular weight is 223 g/mol. The zero-order chi connectivity index (χ0) is 11.3. The van der Waals surface area contributed by atoms with Crippen molar-refractivity contribution < 1.29 is 9.53 Å². The molecule has 3 nitrogen and oxygen atoms in total. The highest BCUT2D eigenvalue weighted by Gasteiger charge is 2.55. The molecule has 16 heavy (non-hydrogen) atoms. The Morgan fingerprint density at radius 2 is 1.62 bits per heavy atom. The van der Waals surface area contributed by atoms with Gasteiger partial charge in [0, 0.05) is 0 Å². The third kappa shape index (κ3) is 1.41. The number of carbonyl (C=O) groups is 1. The van der Waals surface area contributed by atoms with Gasteiger partial charge in [-0.25, -0.2) is 0 Å². The predicted molar refractivity (Wildman–Crippen MR) is 60.6 cm³/mol. The van der Waals surface area contributed by atoms with Crippen molar-refractivity contribution in [1.29, 1.82) is 0 Å². The van der Waals surface area contributed by atoms with Crippen LogP contribution >= 0.6 is 0 Å². The first-order valence-corrected chi connectivity index (χ1v) is 6.46. The van der Waals surface area contributed by atoms with Crippen LogP contribution in [0.5, 0.6) is 0 Å². The summed E-state index contributed by atoms with van der Waals surface area (Å²) in [4.78, 5) is 11.7. The number of hydrogen-bond acceptors (Lipinski definition) is 3. The summed E-state index contributed by atoms with van der Waals surface area (Å²) < 4.78 is 4.84. The minimum Gasteiger partial charge on any atom is -0.468 e. The standard InChI is InChI=1S/C13H21NO2/c1-16-12(15)11(14)13-5-8-2-9(6-13)4-10(3-8)7-13/h8-11H,2-7,14H2,1H3/t8?,9?,10?,11-,13?/m1/s1. The van der Waals surface area contributed by atoms with Crippen LogP contribution in [0.1, 0.15) is 38.5 Å². The fourth-order valence-electron chi connectivity index (χ4n) is 4.94. The average Bonchev–Trinajstić information content (AvgIpc) is 2.25. The highest BCUT2D eigenvalue weighted by atomic mass is 16.5. The van der Waals surface area contributed by atoms with Crippen molar-refractivity contribution in [3.05, 3.63) is 0 Å². The predicted octanol–water partition coefficient (Wildman–Crippen LogP) is 1.70. The molecule has 0 aromatic rings. The molecule has 90 valence electrons. The van der Waals surface area contributed by atoms with Gasteiger partial charge < -0.3 is 10.5 Å². The second-order valence-corrected chi connectivity index (χ2v) is 6.28.